The van der Waals surface area contributed by atoms with Crippen LogP contribution < -0.4 is 11.5 Å². The van der Waals surface area contributed by atoms with E-state index in [-0.39, 0.29) is 24.0 Å². The molecule has 0 amide bonds. The number of rotatable bonds is 5. The Kier molecular flexibility index (Phi) is 6.72. The molecular weight excluding hydrogens is 228 g/mol. The average molecular weight is 245 g/mol. The van der Waals surface area contributed by atoms with E-state index in [4.69, 9.17) is 16.6 Å². The maximum Gasteiger partial charge on any atom is 0.336 e. The fourth-order valence-corrected chi connectivity index (χ4v) is 1.51. The molecule has 0 aliphatic rings. The Morgan fingerprint density at radius 2 is 2.00 bits per heavy atom. The predicted octanol–water partition coefficient (Wildman–Crippen LogP) is 1.55. The van der Waals surface area contributed by atoms with Crippen molar-refractivity contribution < 1.29 is 9.90 Å². The van der Waals surface area contributed by atoms with Gasteiger partial charge in [0.1, 0.15) is 0 Å². The molecule has 1 rings (SSSR count). The van der Waals surface area contributed by atoms with Gasteiger partial charge in [0.05, 0.1) is 5.56 Å². The molecule has 0 heterocycles. The summed E-state index contributed by atoms with van der Waals surface area (Å²) in [5.74, 6) is -0.936. The van der Waals surface area contributed by atoms with E-state index < -0.39 is 5.97 Å². The Labute approximate surface area is 101 Å². The van der Waals surface area contributed by atoms with E-state index in [2.05, 4.69) is 0 Å². The molecule has 0 saturated heterocycles. The number of nitrogens with two attached hydrogens (primary N) is 2. The highest BCUT2D eigenvalue weighted by molar-refractivity contribution is 5.89. The van der Waals surface area contributed by atoms with Gasteiger partial charge in [-0.3, -0.25) is 0 Å². The number of aromatic carboxylic acids is 1. The van der Waals surface area contributed by atoms with Gasteiger partial charge in [-0.05, 0) is 31.0 Å². The highest BCUT2D eigenvalue weighted by atomic mass is 35.5. The molecule has 5 N–H and O–H groups in total. The summed E-state index contributed by atoms with van der Waals surface area (Å²) < 4.78 is 0. The lowest BCUT2D eigenvalue weighted by atomic mass is 9.97. The topological polar surface area (TPSA) is 89.3 Å². The smallest absolute Gasteiger partial charge is 0.336 e. The second kappa shape index (κ2) is 7.22. The van der Waals surface area contributed by atoms with Gasteiger partial charge in [0.2, 0.25) is 0 Å². The molecule has 0 aromatic heterocycles. The zero-order chi connectivity index (χ0) is 11.3. The lowest BCUT2D eigenvalue weighted by molar-refractivity contribution is 0.0695. The Morgan fingerprint density at radius 1 is 1.38 bits per heavy atom. The number of carboxylic acids is 1. The molecule has 1 atom stereocenters. The van der Waals surface area contributed by atoms with Crippen molar-refractivity contribution in [3.63, 3.8) is 0 Å². The second-order valence-corrected chi connectivity index (χ2v) is 3.43. The number of carbonyl (C=O) groups is 1. The molecule has 0 unspecified atom stereocenters. The van der Waals surface area contributed by atoms with E-state index in [0.29, 0.717) is 18.5 Å². The summed E-state index contributed by atoms with van der Waals surface area (Å²) in [5, 5.41) is 8.96. The minimum Gasteiger partial charge on any atom is -0.478 e. The molecule has 0 bridgehead atoms. The Bertz CT molecular complexity index is 345. The van der Waals surface area contributed by atoms with Gasteiger partial charge < -0.3 is 16.6 Å². The highest BCUT2D eigenvalue weighted by Crippen LogP contribution is 2.19. The SMILES string of the molecule is Cl.NCCC[C@H](N)c1ccccc1C(=O)O. The van der Waals surface area contributed by atoms with Crippen LogP contribution in [0.3, 0.4) is 0 Å². The standard InChI is InChI=1S/C11H16N2O2.ClH/c12-7-3-6-10(13)8-4-1-2-5-9(8)11(14)15;/h1-2,4-5,10H,3,6-7,12-13H2,(H,14,15);1H/t10-;/m0./s1. The van der Waals surface area contributed by atoms with Crippen molar-refractivity contribution >= 4 is 18.4 Å². The molecule has 16 heavy (non-hydrogen) atoms. The summed E-state index contributed by atoms with van der Waals surface area (Å²) in [4.78, 5) is 10.9. The van der Waals surface area contributed by atoms with Crippen LogP contribution in [0.2, 0.25) is 0 Å². The number of benzene rings is 1. The van der Waals surface area contributed by atoms with E-state index in [1.54, 1.807) is 24.3 Å². The third kappa shape index (κ3) is 3.81. The predicted molar refractivity (Wildman–Crippen MR) is 65.9 cm³/mol. The fraction of sp³-hybridized carbons (Fsp3) is 0.364. The Morgan fingerprint density at radius 3 is 2.56 bits per heavy atom. The Hall–Kier alpha value is -1.10. The highest BCUT2D eigenvalue weighted by Gasteiger charge is 2.14. The molecule has 0 fully saturated rings. The van der Waals surface area contributed by atoms with Crippen LogP contribution in [-0.4, -0.2) is 17.6 Å². The van der Waals surface area contributed by atoms with Crippen molar-refractivity contribution in [1.82, 2.24) is 0 Å². The van der Waals surface area contributed by atoms with Crippen molar-refractivity contribution in [3.8, 4) is 0 Å². The molecule has 4 nitrogen and oxygen atoms in total. The summed E-state index contributed by atoms with van der Waals surface area (Å²) in [6, 6.07) is 6.57. The minimum atomic E-state index is -0.936. The van der Waals surface area contributed by atoms with Crippen LogP contribution >= 0.6 is 12.4 Å². The largest absolute Gasteiger partial charge is 0.478 e. The summed E-state index contributed by atoms with van der Waals surface area (Å²) >= 11 is 0. The van der Waals surface area contributed by atoms with Gasteiger partial charge in [-0.1, -0.05) is 18.2 Å². The maximum absolute atomic E-state index is 10.9. The average Bonchev–Trinajstić information content (AvgIpc) is 2.25. The van der Waals surface area contributed by atoms with Crippen LogP contribution in [0.5, 0.6) is 0 Å². The molecule has 1 aromatic rings. The lowest BCUT2D eigenvalue weighted by Gasteiger charge is -2.13. The van der Waals surface area contributed by atoms with Crippen LogP contribution in [0.1, 0.15) is 34.8 Å². The maximum atomic E-state index is 10.9. The monoisotopic (exact) mass is 244 g/mol. The molecule has 1 aromatic carbocycles. The summed E-state index contributed by atoms with van der Waals surface area (Å²) in [6.45, 7) is 0.572. The molecule has 0 spiro atoms. The molecule has 0 radical (unpaired) electrons. The van der Waals surface area contributed by atoms with Gasteiger partial charge in [0.15, 0.2) is 0 Å². The quantitative estimate of drug-likeness (QED) is 0.733. The van der Waals surface area contributed by atoms with Crippen molar-refractivity contribution in [1.29, 1.82) is 0 Å². The summed E-state index contributed by atoms with van der Waals surface area (Å²) in [7, 11) is 0. The lowest BCUT2D eigenvalue weighted by Crippen LogP contribution is -2.16. The zero-order valence-electron chi connectivity index (χ0n) is 8.93. The first-order valence-electron chi connectivity index (χ1n) is 4.94. The van der Waals surface area contributed by atoms with Crippen LogP contribution in [0.25, 0.3) is 0 Å². The molecule has 5 heteroatoms. The van der Waals surface area contributed by atoms with Crippen molar-refractivity contribution in [2.24, 2.45) is 11.5 Å². The van der Waals surface area contributed by atoms with E-state index >= 15 is 0 Å². The van der Waals surface area contributed by atoms with Gasteiger partial charge >= 0.3 is 5.97 Å². The number of hydrogen-bond donors (Lipinski definition) is 3. The number of hydrogen-bond acceptors (Lipinski definition) is 3. The molecular formula is C11H17ClN2O2. The van der Waals surface area contributed by atoms with Gasteiger partial charge in [0.25, 0.3) is 0 Å². The van der Waals surface area contributed by atoms with Crippen molar-refractivity contribution in [2.75, 3.05) is 6.54 Å². The summed E-state index contributed by atoms with van der Waals surface area (Å²) in [5.41, 5.74) is 12.2. The fourth-order valence-electron chi connectivity index (χ4n) is 1.51. The van der Waals surface area contributed by atoms with E-state index in [1.807, 2.05) is 0 Å². The van der Waals surface area contributed by atoms with E-state index in [0.717, 1.165) is 6.42 Å². The molecule has 0 aliphatic heterocycles. The van der Waals surface area contributed by atoms with Gasteiger partial charge in [0, 0.05) is 6.04 Å². The van der Waals surface area contributed by atoms with Crippen molar-refractivity contribution in [2.45, 2.75) is 18.9 Å². The van der Waals surface area contributed by atoms with Crippen LogP contribution in [-0.2, 0) is 0 Å². The summed E-state index contributed by atoms with van der Waals surface area (Å²) in [6.07, 6.45) is 1.51. The van der Waals surface area contributed by atoms with Crippen molar-refractivity contribution in [3.05, 3.63) is 35.4 Å². The third-order valence-corrected chi connectivity index (χ3v) is 2.31. The van der Waals surface area contributed by atoms with Gasteiger partial charge in [-0.25, -0.2) is 4.79 Å². The van der Waals surface area contributed by atoms with Crippen LogP contribution in [0, 0.1) is 0 Å². The molecule has 0 saturated carbocycles. The molecule has 0 aliphatic carbocycles. The third-order valence-electron chi connectivity index (χ3n) is 2.31. The van der Waals surface area contributed by atoms with Gasteiger partial charge in [-0.15, -0.1) is 12.4 Å². The Balaban J connectivity index is 0.00000225. The van der Waals surface area contributed by atoms with E-state index in [1.165, 1.54) is 0 Å². The molecule has 90 valence electrons. The number of halogens is 1. The first-order chi connectivity index (χ1) is 7.16. The van der Waals surface area contributed by atoms with Crippen LogP contribution in [0.15, 0.2) is 24.3 Å². The first kappa shape index (κ1) is 14.9. The zero-order valence-corrected chi connectivity index (χ0v) is 9.74. The van der Waals surface area contributed by atoms with E-state index in [9.17, 15) is 4.79 Å². The van der Waals surface area contributed by atoms with Crippen LogP contribution in [0.4, 0.5) is 0 Å². The normalized spacial score (nSPS) is 11.6. The first-order valence-corrected chi connectivity index (χ1v) is 4.94. The minimum absolute atomic E-state index is 0. The number of carboxylic acid groups (broad SMARTS) is 1. The second-order valence-electron chi connectivity index (χ2n) is 3.43. The van der Waals surface area contributed by atoms with Gasteiger partial charge in [-0.2, -0.15) is 0 Å².